The molecule has 2 saturated heterocycles. The monoisotopic (exact) mass is 212 g/mol. The fraction of sp³-hybridized carbons (Fsp3) is 0.909. The molecular formula is C11H20N2O2. The van der Waals surface area contributed by atoms with Crippen molar-refractivity contribution in [1.29, 1.82) is 0 Å². The van der Waals surface area contributed by atoms with Crippen molar-refractivity contribution < 1.29 is 9.53 Å². The average molecular weight is 212 g/mol. The lowest BCUT2D eigenvalue weighted by Gasteiger charge is -2.33. The molecule has 0 radical (unpaired) electrons. The smallest absolute Gasteiger partial charge is 0.248 e. The summed E-state index contributed by atoms with van der Waals surface area (Å²) in [6.07, 6.45) is 3.59. The number of hydrogen-bond acceptors (Lipinski definition) is 3. The van der Waals surface area contributed by atoms with Gasteiger partial charge in [0.05, 0.1) is 0 Å². The second-order valence-corrected chi connectivity index (χ2v) is 4.75. The van der Waals surface area contributed by atoms with Crippen molar-refractivity contribution in [1.82, 2.24) is 10.2 Å². The summed E-state index contributed by atoms with van der Waals surface area (Å²) in [5.41, 5.74) is 0.411. The van der Waals surface area contributed by atoms with Crippen molar-refractivity contribution in [2.45, 2.75) is 19.3 Å². The highest BCUT2D eigenvalue weighted by Crippen LogP contribution is 2.38. The number of amides is 1. The lowest BCUT2D eigenvalue weighted by Crippen LogP contribution is -2.40. The van der Waals surface area contributed by atoms with Gasteiger partial charge in [-0.1, -0.05) is 0 Å². The number of carbonyl (C=O) groups excluding carboxylic acids is 1. The number of rotatable bonds is 2. The van der Waals surface area contributed by atoms with Crippen molar-refractivity contribution in [2.24, 2.45) is 5.41 Å². The van der Waals surface area contributed by atoms with Crippen molar-refractivity contribution in [3.05, 3.63) is 0 Å². The predicted molar refractivity (Wildman–Crippen MR) is 57.6 cm³/mol. The van der Waals surface area contributed by atoms with E-state index in [9.17, 15) is 4.79 Å². The molecule has 4 heteroatoms. The van der Waals surface area contributed by atoms with E-state index in [4.69, 9.17) is 4.74 Å². The third kappa shape index (κ3) is 2.32. The van der Waals surface area contributed by atoms with E-state index in [0.717, 1.165) is 26.2 Å². The molecule has 15 heavy (non-hydrogen) atoms. The van der Waals surface area contributed by atoms with Crippen LogP contribution >= 0.6 is 0 Å². The molecule has 2 aliphatic rings. The molecule has 0 aromatic heterocycles. The first-order valence-electron chi connectivity index (χ1n) is 5.73. The Balaban J connectivity index is 1.90. The first kappa shape index (κ1) is 10.9. The molecular weight excluding hydrogens is 192 g/mol. The van der Waals surface area contributed by atoms with Crippen LogP contribution in [0.3, 0.4) is 0 Å². The Kier molecular flexibility index (Phi) is 3.26. The SMILES string of the molecule is COCC(=O)N1CCC2(CCNCC2)C1. The number of ether oxygens (including phenoxy) is 1. The molecule has 4 nitrogen and oxygen atoms in total. The van der Waals surface area contributed by atoms with E-state index in [1.165, 1.54) is 19.3 Å². The summed E-state index contributed by atoms with van der Waals surface area (Å²) >= 11 is 0. The first-order chi connectivity index (χ1) is 7.26. The maximum Gasteiger partial charge on any atom is 0.248 e. The topological polar surface area (TPSA) is 41.6 Å². The number of likely N-dealkylation sites (tertiary alicyclic amines) is 1. The van der Waals surface area contributed by atoms with Crippen LogP contribution in [0.1, 0.15) is 19.3 Å². The van der Waals surface area contributed by atoms with Crippen LogP contribution in [-0.2, 0) is 9.53 Å². The van der Waals surface area contributed by atoms with E-state index in [1.54, 1.807) is 7.11 Å². The Morgan fingerprint density at radius 2 is 2.13 bits per heavy atom. The third-order valence-electron chi connectivity index (χ3n) is 3.72. The molecule has 2 rings (SSSR count). The van der Waals surface area contributed by atoms with E-state index < -0.39 is 0 Å². The van der Waals surface area contributed by atoms with Gasteiger partial charge in [-0.15, -0.1) is 0 Å². The zero-order valence-electron chi connectivity index (χ0n) is 9.42. The first-order valence-corrected chi connectivity index (χ1v) is 5.73. The van der Waals surface area contributed by atoms with Gasteiger partial charge >= 0.3 is 0 Å². The van der Waals surface area contributed by atoms with Gasteiger partial charge in [0.15, 0.2) is 0 Å². The molecule has 1 spiro atoms. The molecule has 1 N–H and O–H groups in total. The van der Waals surface area contributed by atoms with E-state index in [2.05, 4.69) is 5.32 Å². The largest absolute Gasteiger partial charge is 0.375 e. The molecule has 0 saturated carbocycles. The van der Waals surface area contributed by atoms with Gasteiger partial charge in [0, 0.05) is 20.2 Å². The van der Waals surface area contributed by atoms with E-state index >= 15 is 0 Å². The highest BCUT2D eigenvalue weighted by molar-refractivity contribution is 5.77. The van der Waals surface area contributed by atoms with Gasteiger partial charge in [0.1, 0.15) is 6.61 Å². The Hall–Kier alpha value is -0.610. The highest BCUT2D eigenvalue weighted by atomic mass is 16.5. The van der Waals surface area contributed by atoms with Crippen LogP contribution in [-0.4, -0.2) is 50.7 Å². The van der Waals surface area contributed by atoms with Crippen LogP contribution in [0.4, 0.5) is 0 Å². The molecule has 0 atom stereocenters. The van der Waals surface area contributed by atoms with Gasteiger partial charge in [-0.25, -0.2) is 0 Å². The molecule has 2 aliphatic heterocycles. The van der Waals surface area contributed by atoms with Crippen molar-refractivity contribution in [2.75, 3.05) is 39.9 Å². The van der Waals surface area contributed by atoms with Crippen LogP contribution < -0.4 is 5.32 Å². The minimum absolute atomic E-state index is 0.146. The Bertz CT molecular complexity index is 237. The van der Waals surface area contributed by atoms with Gasteiger partial charge in [0.2, 0.25) is 5.91 Å². The summed E-state index contributed by atoms with van der Waals surface area (Å²) in [7, 11) is 1.58. The minimum Gasteiger partial charge on any atom is -0.375 e. The summed E-state index contributed by atoms with van der Waals surface area (Å²) in [6.45, 7) is 4.30. The second-order valence-electron chi connectivity index (χ2n) is 4.75. The molecule has 0 aromatic carbocycles. The molecule has 0 aliphatic carbocycles. The van der Waals surface area contributed by atoms with Crippen LogP contribution in [0.5, 0.6) is 0 Å². The molecule has 86 valence electrons. The quantitative estimate of drug-likeness (QED) is 0.712. The lowest BCUT2D eigenvalue weighted by atomic mass is 9.78. The zero-order valence-corrected chi connectivity index (χ0v) is 9.42. The third-order valence-corrected chi connectivity index (χ3v) is 3.72. The number of nitrogens with zero attached hydrogens (tertiary/aromatic N) is 1. The van der Waals surface area contributed by atoms with Crippen molar-refractivity contribution in [3.63, 3.8) is 0 Å². The van der Waals surface area contributed by atoms with Gasteiger partial charge in [0.25, 0.3) is 0 Å². The average Bonchev–Trinajstić information content (AvgIpc) is 2.64. The van der Waals surface area contributed by atoms with Crippen molar-refractivity contribution >= 4 is 5.91 Å². The molecule has 0 aromatic rings. The summed E-state index contributed by atoms with van der Waals surface area (Å²) in [6, 6.07) is 0. The van der Waals surface area contributed by atoms with Crippen molar-refractivity contribution in [3.8, 4) is 0 Å². The molecule has 1 amide bonds. The summed E-state index contributed by atoms with van der Waals surface area (Å²) in [4.78, 5) is 13.6. The van der Waals surface area contributed by atoms with E-state index in [1.807, 2.05) is 4.90 Å². The second kappa shape index (κ2) is 4.49. The van der Waals surface area contributed by atoms with Gasteiger partial charge in [-0.2, -0.15) is 0 Å². The Morgan fingerprint density at radius 1 is 1.40 bits per heavy atom. The number of carbonyl (C=O) groups is 1. The zero-order chi connectivity index (χ0) is 10.7. The lowest BCUT2D eigenvalue weighted by molar-refractivity contribution is -0.134. The maximum absolute atomic E-state index is 11.7. The summed E-state index contributed by atoms with van der Waals surface area (Å²) in [5, 5.41) is 3.38. The van der Waals surface area contributed by atoms with Crippen LogP contribution in [0.25, 0.3) is 0 Å². The number of methoxy groups -OCH3 is 1. The molecule has 0 unspecified atom stereocenters. The Labute approximate surface area is 91.0 Å². The van der Waals surface area contributed by atoms with Gasteiger partial charge < -0.3 is 15.0 Å². The van der Waals surface area contributed by atoms with Gasteiger partial charge in [-0.3, -0.25) is 4.79 Å². The highest BCUT2D eigenvalue weighted by Gasteiger charge is 2.40. The summed E-state index contributed by atoms with van der Waals surface area (Å²) in [5.74, 6) is 0.146. The predicted octanol–water partition coefficient (Wildman–Crippen LogP) is 0.235. The van der Waals surface area contributed by atoms with E-state index in [0.29, 0.717) is 5.41 Å². The Morgan fingerprint density at radius 3 is 2.80 bits per heavy atom. The normalized spacial score (nSPS) is 24.7. The number of hydrogen-bond donors (Lipinski definition) is 1. The standard InChI is InChI=1S/C11H20N2O2/c1-15-8-10(14)13-7-4-11(9-13)2-5-12-6-3-11/h12H,2-9H2,1H3. The fourth-order valence-corrected chi connectivity index (χ4v) is 2.73. The number of nitrogens with one attached hydrogen (secondary N) is 1. The number of piperidine rings is 1. The van der Waals surface area contributed by atoms with Crippen LogP contribution in [0.2, 0.25) is 0 Å². The molecule has 2 fully saturated rings. The van der Waals surface area contributed by atoms with Crippen LogP contribution in [0, 0.1) is 5.41 Å². The summed E-state index contributed by atoms with van der Waals surface area (Å²) < 4.78 is 4.89. The minimum atomic E-state index is 0.146. The molecule has 2 heterocycles. The fourth-order valence-electron chi connectivity index (χ4n) is 2.73. The molecule has 0 bridgehead atoms. The van der Waals surface area contributed by atoms with Gasteiger partial charge in [-0.05, 0) is 37.8 Å². The maximum atomic E-state index is 11.7. The van der Waals surface area contributed by atoms with Crippen LogP contribution in [0.15, 0.2) is 0 Å². The van der Waals surface area contributed by atoms with E-state index in [-0.39, 0.29) is 12.5 Å².